The zero-order valence-corrected chi connectivity index (χ0v) is 22.8. The number of aromatic nitrogens is 2. The van der Waals surface area contributed by atoms with E-state index in [2.05, 4.69) is 31.6 Å². The number of piperazine rings is 1. The van der Waals surface area contributed by atoms with Crippen molar-refractivity contribution in [1.29, 1.82) is 5.26 Å². The summed E-state index contributed by atoms with van der Waals surface area (Å²) in [7, 11) is 0. The number of nitrogens with one attached hydrogen (secondary N) is 2. The van der Waals surface area contributed by atoms with Crippen LogP contribution in [0.25, 0.3) is 0 Å². The number of nitrogens with zero attached hydrogens (tertiary/aromatic N) is 5. The minimum Gasteiger partial charge on any atom is -0.368 e. The average Bonchev–Trinajstić information content (AvgIpc) is 2.91. The van der Waals surface area contributed by atoms with Crippen LogP contribution in [0.4, 0.5) is 11.8 Å². The Kier molecular flexibility index (Phi) is 6.92. The summed E-state index contributed by atoms with van der Waals surface area (Å²) in [5.41, 5.74) is 1.71. The van der Waals surface area contributed by atoms with Gasteiger partial charge in [-0.1, -0.05) is 29.8 Å². The number of amides is 1. The Balaban J connectivity index is 1.12. The zero-order chi connectivity index (χ0) is 26.3. The maximum Gasteiger partial charge on any atom is 0.224 e. The van der Waals surface area contributed by atoms with E-state index in [4.69, 9.17) is 11.6 Å². The number of hydrogen-bond donors (Lipinski definition) is 2. The first-order valence-electron chi connectivity index (χ1n) is 13.9. The molecule has 200 valence electrons. The molecule has 5 atom stereocenters. The van der Waals surface area contributed by atoms with Crippen molar-refractivity contribution in [3.63, 3.8) is 0 Å². The van der Waals surface area contributed by atoms with Crippen molar-refractivity contribution in [1.82, 2.24) is 19.8 Å². The Morgan fingerprint density at radius 1 is 1.13 bits per heavy atom. The second-order valence-corrected chi connectivity index (χ2v) is 12.3. The van der Waals surface area contributed by atoms with E-state index < -0.39 is 0 Å². The minimum absolute atomic E-state index is 0.198. The van der Waals surface area contributed by atoms with Gasteiger partial charge in [0.25, 0.3) is 0 Å². The maximum absolute atomic E-state index is 11.8. The largest absolute Gasteiger partial charge is 0.368 e. The van der Waals surface area contributed by atoms with E-state index in [1.807, 2.05) is 29.2 Å². The molecule has 2 N–H and O–H groups in total. The number of carbonyl (C=O) groups excluding carboxylic acids is 1. The van der Waals surface area contributed by atoms with E-state index in [9.17, 15) is 10.1 Å². The molecule has 2 heterocycles. The van der Waals surface area contributed by atoms with Crippen LogP contribution in [-0.4, -0.2) is 64.4 Å². The molecule has 5 aliphatic rings. The summed E-state index contributed by atoms with van der Waals surface area (Å²) in [6.45, 7) is 6.77. The summed E-state index contributed by atoms with van der Waals surface area (Å²) in [4.78, 5) is 25.5. The van der Waals surface area contributed by atoms with E-state index in [0.29, 0.717) is 34.9 Å². The predicted octanol–water partition coefficient (Wildman–Crippen LogP) is 4.38. The number of benzene rings is 1. The molecule has 4 saturated carbocycles. The Morgan fingerprint density at radius 2 is 1.87 bits per heavy atom. The molecule has 4 bridgehead atoms. The highest BCUT2D eigenvalue weighted by Crippen LogP contribution is 2.61. The maximum atomic E-state index is 11.8. The SMILES string of the molecule is CC(=O)N1CCN(C2[C@@H]3CC4C[C@H]2CC(CNc2nc(NCc5ccccc5Cl)ncc2C#N)(C4)C3)CC1. The van der Waals surface area contributed by atoms with Crippen LogP contribution >= 0.6 is 11.6 Å². The van der Waals surface area contributed by atoms with Gasteiger partial charge in [0.1, 0.15) is 17.5 Å². The lowest BCUT2D eigenvalue weighted by Gasteiger charge is -2.62. The van der Waals surface area contributed by atoms with E-state index in [0.717, 1.165) is 56.0 Å². The first-order chi connectivity index (χ1) is 18.4. The van der Waals surface area contributed by atoms with Gasteiger partial charge in [-0.3, -0.25) is 9.69 Å². The molecular weight excluding hydrogens is 498 g/mol. The topological polar surface area (TPSA) is 97.2 Å². The fourth-order valence-electron chi connectivity index (χ4n) is 8.08. The molecule has 7 rings (SSSR count). The monoisotopic (exact) mass is 533 g/mol. The van der Waals surface area contributed by atoms with E-state index >= 15 is 0 Å². The number of carbonyl (C=O) groups is 1. The van der Waals surface area contributed by atoms with Crippen molar-refractivity contribution in [2.45, 2.75) is 51.6 Å². The number of halogens is 1. The van der Waals surface area contributed by atoms with Gasteiger partial charge in [0.05, 0.1) is 6.20 Å². The van der Waals surface area contributed by atoms with E-state index in [-0.39, 0.29) is 11.3 Å². The molecule has 1 amide bonds. The third-order valence-corrected chi connectivity index (χ3v) is 9.84. The Bertz CT molecular complexity index is 1220. The highest BCUT2D eigenvalue weighted by atomic mass is 35.5. The quantitative estimate of drug-likeness (QED) is 0.545. The summed E-state index contributed by atoms with van der Waals surface area (Å²) in [6, 6.07) is 10.6. The predicted molar refractivity (Wildman–Crippen MR) is 148 cm³/mol. The normalized spacial score (nSPS) is 30.2. The lowest BCUT2D eigenvalue weighted by atomic mass is 9.47. The fourth-order valence-corrected chi connectivity index (χ4v) is 8.29. The molecule has 1 aromatic heterocycles. The van der Waals surface area contributed by atoms with Crippen LogP contribution in [0.3, 0.4) is 0 Å². The second-order valence-electron chi connectivity index (χ2n) is 11.9. The van der Waals surface area contributed by atoms with Crippen molar-refractivity contribution in [2.24, 2.45) is 23.2 Å². The molecule has 1 saturated heterocycles. The van der Waals surface area contributed by atoms with Crippen LogP contribution < -0.4 is 10.6 Å². The van der Waals surface area contributed by atoms with Crippen molar-refractivity contribution in [2.75, 3.05) is 43.4 Å². The van der Waals surface area contributed by atoms with Crippen LogP contribution in [0.5, 0.6) is 0 Å². The number of nitriles is 1. The molecule has 2 aromatic rings. The van der Waals surface area contributed by atoms with Crippen molar-refractivity contribution < 1.29 is 4.79 Å². The summed E-state index contributed by atoms with van der Waals surface area (Å²) >= 11 is 6.29. The third-order valence-electron chi connectivity index (χ3n) is 9.47. The highest BCUT2D eigenvalue weighted by Gasteiger charge is 2.56. The Hall–Kier alpha value is -2.89. The smallest absolute Gasteiger partial charge is 0.224 e. The van der Waals surface area contributed by atoms with Gasteiger partial charge in [-0.25, -0.2) is 4.98 Å². The molecule has 4 aliphatic carbocycles. The third kappa shape index (κ3) is 4.94. The molecule has 0 radical (unpaired) electrons. The van der Waals surface area contributed by atoms with E-state index in [1.165, 1.54) is 32.1 Å². The van der Waals surface area contributed by atoms with Gasteiger partial charge >= 0.3 is 0 Å². The summed E-state index contributed by atoms with van der Waals surface area (Å²) in [5, 5.41) is 17.2. The van der Waals surface area contributed by atoms with Crippen molar-refractivity contribution in [3.05, 3.63) is 46.6 Å². The van der Waals surface area contributed by atoms with Gasteiger partial charge in [0.15, 0.2) is 0 Å². The van der Waals surface area contributed by atoms with Crippen molar-refractivity contribution >= 4 is 29.3 Å². The second kappa shape index (κ2) is 10.3. The number of hydrogen-bond acceptors (Lipinski definition) is 7. The number of rotatable bonds is 7. The molecule has 8 nitrogen and oxygen atoms in total. The molecule has 0 spiro atoms. The van der Waals surface area contributed by atoms with Gasteiger partial charge in [0, 0.05) is 57.3 Å². The highest BCUT2D eigenvalue weighted by molar-refractivity contribution is 6.31. The van der Waals surface area contributed by atoms with Crippen LogP contribution in [0.1, 0.15) is 50.2 Å². The standard InChI is InChI=1S/C29H36ClN7O/c1-19(38)36-6-8-37(9-7-36)26-22-10-20-11-23(26)14-29(12-20,13-22)18-34-27-24(15-31)17-33-28(35-27)32-16-21-4-2-3-5-25(21)30/h2-5,17,20,22-23,26H,6-14,16,18H2,1H3,(H2,32,33,34,35)/t20?,22-,23+,26?,29?. The minimum atomic E-state index is 0.198. The van der Waals surface area contributed by atoms with Crippen LogP contribution in [0.15, 0.2) is 30.5 Å². The molecule has 1 aromatic carbocycles. The fraction of sp³-hybridized carbons (Fsp3) is 0.586. The molecular formula is C29H36ClN7O. The Labute approximate surface area is 229 Å². The zero-order valence-electron chi connectivity index (χ0n) is 22.0. The van der Waals surface area contributed by atoms with Gasteiger partial charge in [-0.2, -0.15) is 10.2 Å². The molecule has 5 fully saturated rings. The summed E-state index contributed by atoms with van der Waals surface area (Å²) in [6.07, 6.45) is 8.00. The van der Waals surface area contributed by atoms with Gasteiger partial charge in [-0.15, -0.1) is 0 Å². The summed E-state index contributed by atoms with van der Waals surface area (Å²) in [5.74, 6) is 3.54. The first kappa shape index (κ1) is 25.4. The number of anilines is 2. The van der Waals surface area contributed by atoms with E-state index in [1.54, 1.807) is 13.1 Å². The lowest BCUT2D eigenvalue weighted by molar-refractivity contribution is -0.136. The summed E-state index contributed by atoms with van der Waals surface area (Å²) < 4.78 is 0. The average molecular weight is 534 g/mol. The molecule has 38 heavy (non-hydrogen) atoms. The van der Waals surface area contributed by atoms with Gasteiger partial charge in [-0.05, 0) is 66.9 Å². The van der Waals surface area contributed by atoms with Gasteiger partial charge < -0.3 is 15.5 Å². The van der Waals surface area contributed by atoms with Crippen LogP contribution in [-0.2, 0) is 11.3 Å². The van der Waals surface area contributed by atoms with Crippen LogP contribution in [0, 0.1) is 34.5 Å². The van der Waals surface area contributed by atoms with Gasteiger partial charge in [0.2, 0.25) is 11.9 Å². The molecule has 3 unspecified atom stereocenters. The van der Waals surface area contributed by atoms with Crippen molar-refractivity contribution in [3.8, 4) is 6.07 Å². The first-order valence-corrected chi connectivity index (χ1v) is 14.3. The molecule has 9 heteroatoms. The van der Waals surface area contributed by atoms with Crippen LogP contribution in [0.2, 0.25) is 5.02 Å². The Morgan fingerprint density at radius 3 is 2.55 bits per heavy atom. The molecule has 1 aliphatic heterocycles. The lowest BCUT2D eigenvalue weighted by Crippen LogP contribution is -2.63.